The Hall–Kier alpha value is -2.88. The number of amides is 3. The Labute approximate surface area is 175 Å². The van der Waals surface area contributed by atoms with Crippen LogP contribution in [0, 0.1) is 12.3 Å². The van der Waals surface area contributed by atoms with E-state index in [0.29, 0.717) is 5.76 Å². The van der Waals surface area contributed by atoms with Crippen molar-refractivity contribution < 1.29 is 33.1 Å². The maximum absolute atomic E-state index is 13.2. The summed E-state index contributed by atoms with van der Waals surface area (Å²) in [6.45, 7) is 7.20. The SMILES string of the molecule is CCC(C)(C)C[C@H](NC(=O)Oc1ccoc1C)C(=O)N(C)C1C(=O)COC1C(N)=O. The first-order valence-electron chi connectivity index (χ1n) is 9.69. The molecule has 0 aliphatic carbocycles. The van der Waals surface area contributed by atoms with Crippen LogP contribution in [0.2, 0.25) is 0 Å². The van der Waals surface area contributed by atoms with E-state index in [1.54, 1.807) is 6.92 Å². The van der Waals surface area contributed by atoms with Crippen molar-refractivity contribution in [2.45, 2.75) is 58.7 Å². The zero-order valence-corrected chi connectivity index (χ0v) is 17.9. The molecule has 3 N–H and O–H groups in total. The van der Waals surface area contributed by atoms with E-state index in [2.05, 4.69) is 5.32 Å². The van der Waals surface area contributed by atoms with Crippen molar-refractivity contribution in [3.63, 3.8) is 0 Å². The van der Waals surface area contributed by atoms with E-state index in [-0.39, 0.29) is 24.2 Å². The van der Waals surface area contributed by atoms with Crippen LogP contribution < -0.4 is 15.8 Å². The second-order valence-corrected chi connectivity index (χ2v) is 8.14. The van der Waals surface area contributed by atoms with Crippen molar-refractivity contribution in [1.29, 1.82) is 0 Å². The second-order valence-electron chi connectivity index (χ2n) is 8.14. The molecule has 10 nitrogen and oxygen atoms in total. The molecule has 0 bridgehead atoms. The number of ether oxygens (including phenoxy) is 2. The van der Waals surface area contributed by atoms with Gasteiger partial charge >= 0.3 is 6.09 Å². The van der Waals surface area contributed by atoms with Gasteiger partial charge in [0.15, 0.2) is 17.6 Å². The van der Waals surface area contributed by atoms with E-state index in [1.807, 2.05) is 20.8 Å². The minimum absolute atomic E-state index is 0.231. The highest BCUT2D eigenvalue weighted by Crippen LogP contribution is 2.28. The van der Waals surface area contributed by atoms with Crippen LogP contribution in [-0.2, 0) is 19.1 Å². The van der Waals surface area contributed by atoms with Crippen LogP contribution in [0.1, 0.15) is 39.4 Å². The third-order valence-electron chi connectivity index (χ3n) is 5.38. The number of primary amides is 1. The van der Waals surface area contributed by atoms with Crippen LogP contribution >= 0.6 is 0 Å². The van der Waals surface area contributed by atoms with Crippen LogP contribution in [0.15, 0.2) is 16.7 Å². The summed E-state index contributed by atoms with van der Waals surface area (Å²) in [6, 6.07) is -0.650. The van der Waals surface area contributed by atoms with Crippen LogP contribution in [0.4, 0.5) is 4.79 Å². The number of carbonyl (C=O) groups excluding carboxylic acids is 4. The molecule has 166 valence electrons. The quantitative estimate of drug-likeness (QED) is 0.639. The lowest BCUT2D eigenvalue weighted by Crippen LogP contribution is -2.57. The zero-order chi connectivity index (χ0) is 22.6. The Morgan fingerprint density at radius 2 is 2.07 bits per heavy atom. The number of nitrogens with one attached hydrogen (secondary N) is 1. The average Bonchev–Trinajstić information content (AvgIpc) is 3.25. The fraction of sp³-hybridized carbons (Fsp3) is 0.600. The van der Waals surface area contributed by atoms with Crippen LogP contribution in [-0.4, -0.2) is 60.4 Å². The van der Waals surface area contributed by atoms with E-state index in [1.165, 1.54) is 19.4 Å². The lowest BCUT2D eigenvalue weighted by atomic mass is 9.83. The summed E-state index contributed by atoms with van der Waals surface area (Å²) in [5.74, 6) is -1.17. The monoisotopic (exact) mass is 423 g/mol. The number of ketones is 1. The summed E-state index contributed by atoms with van der Waals surface area (Å²) in [4.78, 5) is 50.6. The summed E-state index contributed by atoms with van der Waals surface area (Å²) in [5, 5.41) is 2.57. The number of hydrogen-bond acceptors (Lipinski definition) is 7. The molecule has 10 heteroatoms. The molecule has 2 unspecified atom stereocenters. The summed E-state index contributed by atoms with van der Waals surface area (Å²) >= 11 is 0. The topological polar surface area (TPSA) is 141 Å². The number of nitrogens with two attached hydrogens (primary N) is 1. The zero-order valence-electron chi connectivity index (χ0n) is 17.9. The molecule has 0 aromatic carbocycles. The normalized spacial score (nSPS) is 20.0. The Morgan fingerprint density at radius 1 is 1.40 bits per heavy atom. The van der Waals surface area contributed by atoms with Crippen molar-refractivity contribution >= 4 is 23.7 Å². The number of nitrogens with zero attached hydrogens (tertiary/aromatic N) is 1. The summed E-state index contributed by atoms with van der Waals surface area (Å²) in [5.41, 5.74) is 5.01. The largest absolute Gasteiger partial charge is 0.466 e. The average molecular weight is 423 g/mol. The van der Waals surface area contributed by atoms with Crippen LogP contribution in [0.25, 0.3) is 0 Å². The third-order valence-corrected chi connectivity index (χ3v) is 5.38. The summed E-state index contributed by atoms with van der Waals surface area (Å²) < 4.78 is 15.4. The molecular weight excluding hydrogens is 394 g/mol. The first-order chi connectivity index (χ1) is 14.0. The first-order valence-corrected chi connectivity index (χ1v) is 9.69. The Bertz CT molecular complexity index is 817. The molecule has 30 heavy (non-hydrogen) atoms. The van der Waals surface area contributed by atoms with Gasteiger partial charge in [-0.25, -0.2) is 4.79 Å². The van der Waals surface area contributed by atoms with E-state index in [0.717, 1.165) is 11.3 Å². The third kappa shape index (κ3) is 5.38. The van der Waals surface area contributed by atoms with E-state index < -0.39 is 41.9 Å². The number of aryl methyl sites for hydroxylation is 1. The molecule has 3 amide bonds. The van der Waals surface area contributed by atoms with Crippen molar-refractivity contribution in [2.75, 3.05) is 13.7 Å². The summed E-state index contributed by atoms with van der Waals surface area (Å²) in [6.07, 6.45) is 0.345. The van der Waals surface area contributed by atoms with Gasteiger partial charge in [-0.3, -0.25) is 14.4 Å². The minimum Gasteiger partial charge on any atom is -0.466 e. The standard InChI is InChI=1S/C20H29N3O7/c1-6-20(3,4)9-12(22-19(27)30-14-7-8-28-11(14)2)18(26)23(5)15-13(24)10-29-16(15)17(21)25/h7-8,12,15-16H,6,9-10H2,1-5H3,(H2,21,25)(H,22,27)/t12-,15?,16?/m0/s1. The maximum atomic E-state index is 13.2. The highest BCUT2D eigenvalue weighted by Gasteiger charge is 2.45. The predicted octanol–water partition coefficient (Wildman–Crippen LogP) is 1.15. The maximum Gasteiger partial charge on any atom is 0.413 e. The van der Waals surface area contributed by atoms with Gasteiger partial charge in [0.05, 0.1) is 6.26 Å². The van der Waals surface area contributed by atoms with E-state index in [9.17, 15) is 19.2 Å². The van der Waals surface area contributed by atoms with Gasteiger partial charge < -0.3 is 29.8 Å². The smallest absolute Gasteiger partial charge is 0.413 e. The molecule has 0 spiro atoms. The van der Waals surface area contributed by atoms with Gasteiger partial charge in [0, 0.05) is 13.1 Å². The molecular formula is C20H29N3O7. The van der Waals surface area contributed by atoms with Gasteiger partial charge in [-0.2, -0.15) is 0 Å². The molecule has 1 fully saturated rings. The predicted molar refractivity (Wildman–Crippen MR) is 106 cm³/mol. The molecule has 1 aromatic rings. The van der Waals surface area contributed by atoms with Gasteiger partial charge in [0.2, 0.25) is 11.8 Å². The highest BCUT2D eigenvalue weighted by molar-refractivity contribution is 5.99. The molecule has 0 radical (unpaired) electrons. The fourth-order valence-electron chi connectivity index (χ4n) is 3.20. The Kier molecular flexibility index (Phi) is 7.25. The van der Waals surface area contributed by atoms with Gasteiger partial charge in [-0.05, 0) is 18.8 Å². The number of carbonyl (C=O) groups is 4. The lowest BCUT2D eigenvalue weighted by Gasteiger charge is -2.33. The van der Waals surface area contributed by atoms with Gasteiger partial charge in [-0.15, -0.1) is 0 Å². The molecule has 3 atom stereocenters. The summed E-state index contributed by atoms with van der Waals surface area (Å²) in [7, 11) is 1.38. The lowest BCUT2D eigenvalue weighted by molar-refractivity contribution is -0.141. The Morgan fingerprint density at radius 3 is 2.60 bits per heavy atom. The van der Waals surface area contributed by atoms with Gasteiger partial charge in [-0.1, -0.05) is 27.2 Å². The molecule has 1 aliphatic heterocycles. The van der Waals surface area contributed by atoms with Crippen LogP contribution in [0.5, 0.6) is 5.75 Å². The molecule has 2 heterocycles. The van der Waals surface area contributed by atoms with Gasteiger partial charge in [0.25, 0.3) is 0 Å². The molecule has 0 saturated carbocycles. The van der Waals surface area contributed by atoms with E-state index >= 15 is 0 Å². The Balaban J connectivity index is 2.21. The number of Topliss-reactive ketones (excluding diaryl/α,β-unsaturated/α-hetero) is 1. The fourth-order valence-corrected chi connectivity index (χ4v) is 3.20. The second kappa shape index (κ2) is 9.29. The number of furan rings is 1. The van der Waals surface area contributed by atoms with E-state index in [4.69, 9.17) is 19.6 Å². The minimum atomic E-state index is -1.23. The van der Waals surface area contributed by atoms with Gasteiger partial charge in [0.1, 0.15) is 24.5 Å². The molecule has 1 aromatic heterocycles. The number of rotatable bonds is 8. The molecule has 2 rings (SSSR count). The number of hydrogen-bond donors (Lipinski definition) is 2. The van der Waals surface area contributed by atoms with Crippen molar-refractivity contribution in [1.82, 2.24) is 10.2 Å². The molecule has 1 aliphatic rings. The number of likely N-dealkylation sites (N-methyl/N-ethyl adjacent to an activating group) is 1. The van der Waals surface area contributed by atoms with Crippen molar-refractivity contribution in [3.8, 4) is 5.75 Å². The van der Waals surface area contributed by atoms with Crippen LogP contribution in [0.3, 0.4) is 0 Å². The highest BCUT2D eigenvalue weighted by atomic mass is 16.6. The first kappa shape index (κ1) is 23.4. The van der Waals surface area contributed by atoms with Crippen molar-refractivity contribution in [2.24, 2.45) is 11.1 Å². The van der Waals surface area contributed by atoms with Crippen molar-refractivity contribution in [3.05, 3.63) is 18.1 Å². The molecule has 1 saturated heterocycles.